The van der Waals surface area contributed by atoms with Crippen molar-refractivity contribution in [1.82, 2.24) is 5.32 Å². The van der Waals surface area contributed by atoms with Crippen molar-refractivity contribution < 1.29 is 19.4 Å². The molecule has 1 unspecified atom stereocenters. The molecule has 1 heterocycles. The highest BCUT2D eigenvalue weighted by molar-refractivity contribution is 5.95. The normalized spacial score (nSPS) is 15.0. The Bertz CT molecular complexity index is 560. The predicted molar refractivity (Wildman–Crippen MR) is 78.6 cm³/mol. The number of carbonyl (C=O) groups excluding carboxylic acids is 1. The fourth-order valence-corrected chi connectivity index (χ4v) is 2.32. The van der Waals surface area contributed by atoms with Crippen LogP contribution in [0.4, 0.5) is 0 Å². The molecule has 0 aliphatic carbocycles. The lowest BCUT2D eigenvalue weighted by atomic mass is 9.84. The van der Waals surface area contributed by atoms with Crippen LogP contribution in [-0.4, -0.2) is 29.6 Å². The molecule has 0 saturated heterocycles. The second-order valence-corrected chi connectivity index (χ2v) is 6.41. The minimum absolute atomic E-state index is 0.0940. The van der Waals surface area contributed by atoms with Crippen LogP contribution < -0.4 is 10.1 Å². The number of aliphatic carboxylic acids is 1. The van der Waals surface area contributed by atoms with E-state index in [1.54, 1.807) is 12.1 Å². The van der Waals surface area contributed by atoms with Crippen LogP contribution in [0.5, 0.6) is 5.75 Å². The van der Waals surface area contributed by atoms with Crippen molar-refractivity contribution in [2.75, 3.05) is 6.61 Å². The van der Waals surface area contributed by atoms with Gasteiger partial charge in [-0.3, -0.25) is 9.59 Å². The Hall–Kier alpha value is -2.04. The van der Waals surface area contributed by atoms with Gasteiger partial charge >= 0.3 is 5.97 Å². The molecule has 114 valence electrons. The van der Waals surface area contributed by atoms with E-state index in [2.05, 4.69) is 5.32 Å². The second-order valence-electron chi connectivity index (χ2n) is 6.41. The van der Waals surface area contributed by atoms with Crippen molar-refractivity contribution in [3.05, 3.63) is 29.3 Å². The summed E-state index contributed by atoms with van der Waals surface area (Å²) >= 11 is 0. The van der Waals surface area contributed by atoms with Gasteiger partial charge in [-0.15, -0.1) is 0 Å². The van der Waals surface area contributed by atoms with Crippen molar-refractivity contribution in [2.45, 2.75) is 39.7 Å². The van der Waals surface area contributed by atoms with E-state index in [-0.39, 0.29) is 17.7 Å². The van der Waals surface area contributed by atoms with Gasteiger partial charge in [0.1, 0.15) is 5.75 Å². The molecule has 2 N–H and O–H groups in total. The number of carboxylic acids is 1. The summed E-state index contributed by atoms with van der Waals surface area (Å²) in [5.74, 6) is -0.340. The van der Waals surface area contributed by atoms with Crippen molar-refractivity contribution >= 4 is 11.9 Å². The molecule has 2 rings (SSSR count). The topological polar surface area (TPSA) is 75.6 Å². The van der Waals surface area contributed by atoms with Crippen LogP contribution >= 0.6 is 0 Å². The van der Waals surface area contributed by atoms with Gasteiger partial charge in [-0.1, -0.05) is 20.8 Å². The summed E-state index contributed by atoms with van der Waals surface area (Å²) in [6, 6.07) is 4.89. The Labute approximate surface area is 124 Å². The monoisotopic (exact) mass is 291 g/mol. The molecular formula is C16H21NO4. The van der Waals surface area contributed by atoms with Crippen LogP contribution in [0.3, 0.4) is 0 Å². The molecule has 0 aromatic heterocycles. The van der Waals surface area contributed by atoms with Gasteiger partial charge in [0.2, 0.25) is 0 Å². The number of benzene rings is 1. The first-order chi connectivity index (χ1) is 9.77. The van der Waals surface area contributed by atoms with E-state index in [1.807, 2.05) is 26.8 Å². The van der Waals surface area contributed by atoms with Crippen LogP contribution in [0.2, 0.25) is 0 Å². The maximum absolute atomic E-state index is 12.3. The van der Waals surface area contributed by atoms with Gasteiger partial charge in [-0.2, -0.15) is 0 Å². The largest absolute Gasteiger partial charge is 0.493 e. The Balaban J connectivity index is 2.13. The van der Waals surface area contributed by atoms with E-state index >= 15 is 0 Å². The van der Waals surface area contributed by atoms with Crippen LogP contribution in [0.1, 0.15) is 43.1 Å². The third-order valence-electron chi connectivity index (χ3n) is 3.68. The molecule has 0 saturated carbocycles. The summed E-state index contributed by atoms with van der Waals surface area (Å²) in [5.41, 5.74) is 1.24. The molecule has 1 aliphatic rings. The summed E-state index contributed by atoms with van der Waals surface area (Å²) in [5, 5.41) is 11.8. The first kappa shape index (κ1) is 15.4. The van der Waals surface area contributed by atoms with Crippen LogP contribution in [0, 0.1) is 5.41 Å². The summed E-state index contributed by atoms with van der Waals surface area (Å²) in [6.45, 7) is 6.39. The van der Waals surface area contributed by atoms with Gasteiger partial charge in [0.15, 0.2) is 0 Å². The lowest BCUT2D eigenvalue weighted by molar-refractivity contribution is -0.138. The molecule has 5 heteroatoms. The summed E-state index contributed by atoms with van der Waals surface area (Å²) in [4.78, 5) is 23.3. The van der Waals surface area contributed by atoms with Crippen LogP contribution in [0.15, 0.2) is 18.2 Å². The predicted octanol–water partition coefficient (Wildman–Crippen LogP) is 2.24. The fourth-order valence-electron chi connectivity index (χ4n) is 2.32. The summed E-state index contributed by atoms with van der Waals surface area (Å²) < 4.78 is 5.41. The molecule has 1 aliphatic heterocycles. The Kier molecular flexibility index (Phi) is 4.21. The Morgan fingerprint density at radius 2 is 2.10 bits per heavy atom. The lowest BCUT2D eigenvalue weighted by Gasteiger charge is -2.30. The minimum atomic E-state index is -0.919. The zero-order chi connectivity index (χ0) is 15.6. The molecule has 21 heavy (non-hydrogen) atoms. The van der Waals surface area contributed by atoms with Crippen molar-refractivity contribution in [1.29, 1.82) is 0 Å². The Morgan fingerprint density at radius 3 is 2.71 bits per heavy atom. The molecular weight excluding hydrogens is 270 g/mol. The van der Waals surface area contributed by atoms with Gasteiger partial charge in [-0.05, 0) is 29.2 Å². The molecule has 5 nitrogen and oxygen atoms in total. The number of rotatable bonds is 4. The number of carboxylic acid groups (broad SMARTS) is 1. The van der Waals surface area contributed by atoms with Gasteiger partial charge in [0, 0.05) is 18.0 Å². The van der Waals surface area contributed by atoms with Crippen LogP contribution in [-0.2, 0) is 11.2 Å². The highest BCUT2D eigenvalue weighted by Gasteiger charge is 2.29. The zero-order valence-corrected chi connectivity index (χ0v) is 12.6. The van der Waals surface area contributed by atoms with E-state index in [0.717, 1.165) is 17.7 Å². The van der Waals surface area contributed by atoms with Crippen LogP contribution in [0.25, 0.3) is 0 Å². The second kappa shape index (κ2) is 5.76. The number of carbonyl (C=O) groups is 2. The average molecular weight is 291 g/mol. The van der Waals surface area contributed by atoms with E-state index in [4.69, 9.17) is 9.84 Å². The Morgan fingerprint density at radius 1 is 1.38 bits per heavy atom. The lowest BCUT2D eigenvalue weighted by Crippen LogP contribution is -2.45. The SMILES string of the molecule is CC(C)(C)C(CC(=O)O)NC(=O)c1ccc2c(c1)CCO2. The highest BCUT2D eigenvalue weighted by atomic mass is 16.5. The van der Waals surface area contributed by atoms with Crippen molar-refractivity contribution in [3.63, 3.8) is 0 Å². The van der Waals surface area contributed by atoms with E-state index in [0.29, 0.717) is 12.2 Å². The maximum Gasteiger partial charge on any atom is 0.305 e. The van der Waals surface area contributed by atoms with Gasteiger partial charge in [0.25, 0.3) is 5.91 Å². The number of ether oxygens (including phenoxy) is 1. The standard InChI is InChI=1S/C16H21NO4/c1-16(2,3)13(9-14(18)19)17-15(20)11-4-5-12-10(8-11)6-7-21-12/h4-5,8,13H,6-7,9H2,1-3H3,(H,17,20)(H,18,19). The van der Waals surface area contributed by atoms with Crippen molar-refractivity contribution in [3.8, 4) is 5.75 Å². The van der Waals surface area contributed by atoms with Gasteiger partial charge < -0.3 is 15.2 Å². The molecule has 1 aromatic carbocycles. The maximum atomic E-state index is 12.3. The van der Waals surface area contributed by atoms with Gasteiger partial charge in [0.05, 0.1) is 13.0 Å². The molecule has 1 amide bonds. The van der Waals surface area contributed by atoms with E-state index < -0.39 is 12.0 Å². The first-order valence-electron chi connectivity index (χ1n) is 7.06. The number of nitrogens with one attached hydrogen (secondary N) is 1. The minimum Gasteiger partial charge on any atom is -0.493 e. The summed E-state index contributed by atoms with van der Waals surface area (Å²) in [7, 11) is 0. The molecule has 0 spiro atoms. The molecule has 0 fully saturated rings. The molecule has 0 bridgehead atoms. The number of fused-ring (bicyclic) bond motifs is 1. The average Bonchev–Trinajstić information content (AvgIpc) is 2.83. The number of amides is 1. The van der Waals surface area contributed by atoms with E-state index in [1.165, 1.54) is 0 Å². The smallest absolute Gasteiger partial charge is 0.305 e. The first-order valence-corrected chi connectivity index (χ1v) is 7.06. The number of hydrogen-bond acceptors (Lipinski definition) is 3. The molecule has 1 atom stereocenters. The fraction of sp³-hybridized carbons (Fsp3) is 0.500. The van der Waals surface area contributed by atoms with Gasteiger partial charge in [-0.25, -0.2) is 0 Å². The van der Waals surface area contributed by atoms with Crippen molar-refractivity contribution in [2.24, 2.45) is 5.41 Å². The number of hydrogen-bond donors (Lipinski definition) is 2. The highest BCUT2D eigenvalue weighted by Crippen LogP contribution is 2.27. The third kappa shape index (κ3) is 3.74. The van der Waals surface area contributed by atoms with E-state index in [9.17, 15) is 9.59 Å². The summed E-state index contributed by atoms with van der Waals surface area (Å²) in [6.07, 6.45) is 0.706. The zero-order valence-electron chi connectivity index (χ0n) is 12.6. The molecule has 0 radical (unpaired) electrons. The quantitative estimate of drug-likeness (QED) is 0.892. The third-order valence-corrected chi connectivity index (χ3v) is 3.68. The molecule has 1 aromatic rings.